The fourth-order valence-corrected chi connectivity index (χ4v) is 3.63. The number of methoxy groups -OCH3 is 2. The molecule has 0 fully saturated rings. The standard InChI is InChI=1S/C23H29NO4/c1-26-21-13-12-17(15-22(21)27-2)7-6-14-24-23(25)16-28-20-11-5-9-18-8-3-4-10-19(18)20/h5,9,11-13,15H,3-4,6-8,10,14,16H2,1-2H3,(H,24,25). The number of rotatable bonds is 9. The molecule has 28 heavy (non-hydrogen) atoms. The van der Waals surface area contributed by atoms with Gasteiger partial charge in [0.15, 0.2) is 18.1 Å². The van der Waals surface area contributed by atoms with E-state index in [0.717, 1.165) is 48.5 Å². The summed E-state index contributed by atoms with van der Waals surface area (Å²) < 4.78 is 16.4. The van der Waals surface area contributed by atoms with Crippen LogP contribution < -0.4 is 19.5 Å². The summed E-state index contributed by atoms with van der Waals surface area (Å²) in [4.78, 5) is 12.1. The molecule has 1 aliphatic rings. The average molecular weight is 383 g/mol. The van der Waals surface area contributed by atoms with Gasteiger partial charge >= 0.3 is 0 Å². The molecule has 0 radical (unpaired) electrons. The molecular formula is C23H29NO4. The van der Waals surface area contributed by atoms with Gasteiger partial charge in [0.2, 0.25) is 0 Å². The van der Waals surface area contributed by atoms with E-state index in [4.69, 9.17) is 14.2 Å². The Kier molecular flexibility index (Phi) is 7.18. The van der Waals surface area contributed by atoms with E-state index in [-0.39, 0.29) is 12.5 Å². The molecule has 0 unspecified atom stereocenters. The lowest BCUT2D eigenvalue weighted by Crippen LogP contribution is -2.30. The molecule has 1 N–H and O–H groups in total. The molecule has 0 aliphatic heterocycles. The van der Waals surface area contributed by atoms with E-state index in [1.165, 1.54) is 24.0 Å². The van der Waals surface area contributed by atoms with Crippen LogP contribution in [0.4, 0.5) is 0 Å². The highest BCUT2D eigenvalue weighted by Crippen LogP contribution is 2.29. The molecule has 0 atom stereocenters. The van der Waals surface area contributed by atoms with Gasteiger partial charge in [0.25, 0.3) is 5.91 Å². The lowest BCUT2D eigenvalue weighted by molar-refractivity contribution is -0.123. The van der Waals surface area contributed by atoms with Gasteiger partial charge < -0.3 is 19.5 Å². The SMILES string of the molecule is COc1ccc(CCCNC(=O)COc2cccc3c2CCCC3)cc1OC. The maximum atomic E-state index is 12.1. The molecule has 2 aromatic carbocycles. The molecule has 0 aromatic heterocycles. The van der Waals surface area contributed by atoms with Gasteiger partial charge in [-0.05, 0) is 73.4 Å². The van der Waals surface area contributed by atoms with Crippen molar-refractivity contribution in [2.45, 2.75) is 38.5 Å². The number of hydrogen-bond acceptors (Lipinski definition) is 4. The van der Waals surface area contributed by atoms with E-state index in [2.05, 4.69) is 11.4 Å². The zero-order chi connectivity index (χ0) is 19.8. The van der Waals surface area contributed by atoms with E-state index in [9.17, 15) is 4.79 Å². The van der Waals surface area contributed by atoms with Crippen molar-refractivity contribution in [2.75, 3.05) is 27.4 Å². The number of fused-ring (bicyclic) bond motifs is 1. The first kappa shape index (κ1) is 20.1. The third-order valence-corrected chi connectivity index (χ3v) is 5.12. The van der Waals surface area contributed by atoms with Gasteiger partial charge in [-0.3, -0.25) is 4.79 Å². The first-order chi connectivity index (χ1) is 13.7. The molecule has 5 nitrogen and oxygen atoms in total. The Balaban J connectivity index is 1.41. The summed E-state index contributed by atoms with van der Waals surface area (Å²) in [5.74, 6) is 2.22. The molecular weight excluding hydrogens is 354 g/mol. The highest BCUT2D eigenvalue weighted by atomic mass is 16.5. The number of hydrogen-bond donors (Lipinski definition) is 1. The number of nitrogens with one attached hydrogen (secondary N) is 1. The first-order valence-corrected chi connectivity index (χ1v) is 9.92. The van der Waals surface area contributed by atoms with Crippen LogP contribution in [0.1, 0.15) is 36.0 Å². The topological polar surface area (TPSA) is 56.8 Å². The number of benzene rings is 2. The number of carbonyl (C=O) groups excluding carboxylic acids is 1. The monoisotopic (exact) mass is 383 g/mol. The minimum atomic E-state index is -0.0827. The maximum absolute atomic E-state index is 12.1. The van der Waals surface area contributed by atoms with Crippen LogP contribution in [0.3, 0.4) is 0 Å². The quantitative estimate of drug-likeness (QED) is 0.671. The Morgan fingerprint density at radius 1 is 1.00 bits per heavy atom. The Morgan fingerprint density at radius 2 is 1.82 bits per heavy atom. The van der Waals surface area contributed by atoms with Crippen molar-refractivity contribution in [3.05, 3.63) is 53.1 Å². The predicted octanol–water partition coefficient (Wildman–Crippen LogP) is 3.71. The van der Waals surface area contributed by atoms with Gasteiger partial charge in [0.1, 0.15) is 5.75 Å². The number of aryl methyl sites for hydroxylation is 2. The normalized spacial score (nSPS) is 12.8. The molecule has 3 rings (SSSR count). The summed E-state index contributed by atoms with van der Waals surface area (Å²) in [5.41, 5.74) is 3.79. The van der Waals surface area contributed by atoms with Crippen molar-refractivity contribution in [3.8, 4) is 17.2 Å². The van der Waals surface area contributed by atoms with E-state index in [1.54, 1.807) is 14.2 Å². The largest absolute Gasteiger partial charge is 0.493 e. The highest BCUT2D eigenvalue weighted by molar-refractivity contribution is 5.77. The minimum Gasteiger partial charge on any atom is -0.493 e. The second-order valence-corrected chi connectivity index (χ2v) is 7.03. The summed E-state index contributed by atoms with van der Waals surface area (Å²) in [6, 6.07) is 12.0. The molecule has 1 amide bonds. The lowest BCUT2D eigenvalue weighted by atomic mass is 9.91. The van der Waals surface area contributed by atoms with Gasteiger partial charge in [-0.15, -0.1) is 0 Å². The van der Waals surface area contributed by atoms with E-state index in [0.29, 0.717) is 6.54 Å². The van der Waals surface area contributed by atoms with Crippen LogP contribution in [-0.2, 0) is 24.1 Å². The molecule has 150 valence electrons. The first-order valence-electron chi connectivity index (χ1n) is 9.92. The zero-order valence-electron chi connectivity index (χ0n) is 16.8. The summed E-state index contributed by atoms with van der Waals surface area (Å²) in [7, 11) is 3.26. The van der Waals surface area contributed by atoms with E-state index in [1.807, 2.05) is 30.3 Å². The minimum absolute atomic E-state index is 0.0623. The smallest absolute Gasteiger partial charge is 0.257 e. The van der Waals surface area contributed by atoms with Gasteiger partial charge in [0.05, 0.1) is 14.2 Å². The van der Waals surface area contributed by atoms with Crippen LogP contribution in [0.15, 0.2) is 36.4 Å². The Hall–Kier alpha value is -2.69. The number of amides is 1. The lowest BCUT2D eigenvalue weighted by Gasteiger charge is -2.19. The molecule has 0 saturated carbocycles. The van der Waals surface area contributed by atoms with E-state index >= 15 is 0 Å². The van der Waals surface area contributed by atoms with Crippen LogP contribution in [-0.4, -0.2) is 33.3 Å². The van der Waals surface area contributed by atoms with Gasteiger partial charge in [-0.25, -0.2) is 0 Å². The van der Waals surface area contributed by atoms with Gasteiger partial charge in [-0.1, -0.05) is 18.2 Å². The maximum Gasteiger partial charge on any atom is 0.257 e. The van der Waals surface area contributed by atoms with E-state index < -0.39 is 0 Å². The van der Waals surface area contributed by atoms with Gasteiger partial charge in [0, 0.05) is 6.54 Å². The van der Waals surface area contributed by atoms with Crippen LogP contribution in [0.25, 0.3) is 0 Å². The number of ether oxygens (including phenoxy) is 3. The number of carbonyl (C=O) groups is 1. The molecule has 0 bridgehead atoms. The van der Waals surface area contributed by atoms with Crippen LogP contribution in [0.2, 0.25) is 0 Å². The Morgan fingerprint density at radius 3 is 2.64 bits per heavy atom. The molecule has 0 heterocycles. The Bertz CT molecular complexity index is 803. The van der Waals surface area contributed by atoms with Crippen LogP contribution >= 0.6 is 0 Å². The van der Waals surface area contributed by atoms with Crippen molar-refractivity contribution in [1.82, 2.24) is 5.32 Å². The zero-order valence-corrected chi connectivity index (χ0v) is 16.8. The molecule has 1 aliphatic carbocycles. The summed E-state index contributed by atoms with van der Waals surface area (Å²) in [6.07, 6.45) is 6.27. The molecule has 0 spiro atoms. The van der Waals surface area contributed by atoms with Crippen molar-refractivity contribution in [1.29, 1.82) is 0 Å². The fourth-order valence-electron chi connectivity index (χ4n) is 3.63. The van der Waals surface area contributed by atoms with Crippen LogP contribution in [0.5, 0.6) is 17.2 Å². The van der Waals surface area contributed by atoms with Crippen molar-refractivity contribution in [2.24, 2.45) is 0 Å². The third kappa shape index (κ3) is 5.18. The fraction of sp³-hybridized carbons (Fsp3) is 0.435. The average Bonchev–Trinajstić information content (AvgIpc) is 2.75. The Labute approximate surface area is 167 Å². The second-order valence-electron chi connectivity index (χ2n) is 7.03. The molecule has 0 saturated heterocycles. The van der Waals surface area contributed by atoms with Crippen molar-refractivity contribution < 1.29 is 19.0 Å². The summed E-state index contributed by atoms with van der Waals surface area (Å²) in [6.45, 7) is 0.677. The predicted molar refractivity (Wildman–Crippen MR) is 109 cm³/mol. The van der Waals surface area contributed by atoms with Gasteiger partial charge in [-0.2, -0.15) is 0 Å². The summed E-state index contributed by atoms with van der Waals surface area (Å²) >= 11 is 0. The molecule has 2 aromatic rings. The van der Waals surface area contributed by atoms with Crippen molar-refractivity contribution >= 4 is 5.91 Å². The third-order valence-electron chi connectivity index (χ3n) is 5.12. The highest BCUT2D eigenvalue weighted by Gasteiger charge is 2.14. The van der Waals surface area contributed by atoms with Crippen LogP contribution in [0, 0.1) is 0 Å². The summed E-state index contributed by atoms with van der Waals surface area (Å²) in [5, 5.41) is 2.93. The second kappa shape index (κ2) is 10.0. The van der Waals surface area contributed by atoms with Crippen molar-refractivity contribution in [3.63, 3.8) is 0 Å². The molecule has 5 heteroatoms.